The van der Waals surface area contributed by atoms with Gasteiger partial charge in [-0.3, -0.25) is 4.79 Å². The zero-order chi connectivity index (χ0) is 23.6. The normalized spacial score (nSPS) is 11.1. The number of pyridine rings is 1. The summed E-state index contributed by atoms with van der Waals surface area (Å²) in [5, 5.41) is 28.3. The van der Waals surface area contributed by atoms with Crippen LogP contribution in [0, 0.1) is 20.8 Å². The second kappa shape index (κ2) is 12.9. The van der Waals surface area contributed by atoms with Gasteiger partial charge in [0.05, 0.1) is 6.04 Å². The molecule has 1 aromatic carbocycles. The maximum atomic E-state index is 12.5. The van der Waals surface area contributed by atoms with E-state index >= 15 is 0 Å². The van der Waals surface area contributed by atoms with Crippen LogP contribution in [0.25, 0.3) is 10.4 Å². The molecule has 34 heavy (non-hydrogen) atoms. The maximum absolute atomic E-state index is 12.5. The average Bonchev–Trinajstić information content (AvgIpc) is 3.18. The first-order chi connectivity index (χ1) is 15.1. The summed E-state index contributed by atoms with van der Waals surface area (Å²) in [6.07, 6.45) is -0.462. The molecule has 0 radical (unpaired) electrons. The fourth-order valence-corrected chi connectivity index (χ4v) is 4.72. The zero-order valence-electron chi connectivity index (χ0n) is 20.1. The molecule has 0 aliphatic carbocycles. The molecule has 2 heterocycles. The second-order valence-electron chi connectivity index (χ2n) is 7.59. The van der Waals surface area contributed by atoms with E-state index in [-0.39, 0.29) is 59.1 Å². The number of urea groups is 1. The molecule has 3 aromatic rings. The van der Waals surface area contributed by atoms with E-state index in [0.717, 1.165) is 21.6 Å². The number of benzene rings is 1. The van der Waals surface area contributed by atoms with Crippen LogP contribution in [0.15, 0.2) is 41.2 Å². The van der Waals surface area contributed by atoms with E-state index in [4.69, 9.17) is 0 Å². The van der Waals surface area contributed by atoms with Crippen molar-refractivity contribution in [3.63, 3.8) is 0 Å². The van der Waals surface area contributed by atoms with Crippen LogP contribution in [0.2, 0.25) is 0 Å². The Bertz CT molecular complexity index is 1240. The van der Waals surface area contributed by atoms with E-state index in [1.54, 1.807) is 13.0 Å². The molecule has 0 aliphatic heterocycles. The number of nitrogens with one attached hydrogen (secondary N) is 2. The maximum Gasteiger partial charge on any atom is 1.00 e. The van der Waals surface area contributed by atoms with Gasteiger partial charge in [0, 0.05) is 34.9 Å². The van der Waals surface area contributed by atoms with Crippen LogP contribution in [0.3, 0.4) is 0 Å². The molecule has 0 saturated heterocycles. The van der Waals surface area contributed by atoms with Gasteiger partial charge in [-0.05, 0) is 55.7 Å². The molecule has 0 aliphatic rings. The molecule has 0 saturated carbocycles. The van der Waals surface area contributed by atoms with Crippen LogP contribution >= 0.6 is 11.3 Å². The number of thiophene rings is 1. The summed E-state index contributed by atoms with van der Waals surface area (Å²) >= 11 is 1.36. The van der Waals surface area contributed by atoms with Crippen molar-refractivity contribution in [3.05, 3.63) is 68.4 Å². The number of aromatic nitrogens is 1. The number of carbonyl (C=O) groups is 2. The van der Waals surface area contributed by atoms with Crippen LogP contribution in [-0.2, 0) is 11.8 Å². The van der Waals surface area contributed by atoms with E-state index in [0.29, 0.717) is 10.6 Å². The molecule has 2 amide bonds. The fourth-order valence-electron chi connectivity index (χ4n) is 3.48. The van der Waals surface area contributed by atoms with Gasteiger partial charge in [0.2, 0.25) is 0 Å². The SMILES string of the molecule is Cc1cccc(C)c1-c1ccc([C@H](CC(=O)[O-])NC(=O)Nc2c([O-])cc(C)n(C)c2=O)s1.[Na+].[Na+]. The number of aliphatic carboxylic acids is 1. The summed E-state index contributed by atoms with van der Waals surface area (Å²) in [6.45, 7) is 5.59. The minimum atomic E-state index is -1.34. The van der Waals surface area contributed by atoms with E-state index in [1.807, 2.05) is 38.1 Å². The summed E-state index contributed by atoms with van der Waals surface area (Å²) in [4.78, 5) is 37.7. The number of aryl methyl sites for hydroxylation is 3. The molecule has 8 nitrogen and oxygen atoms in total. The first-order valence-corrected chi connectivity index (χ1v) is 10.7. The molecule has 2 N–H and O–H groups in total. The van der Waals surface area contributed by atoms with Crippen LogP contribution in [-0.4, -0.2) is 16.6 Å². The molecule has 0 fully saturated rings. The van der Waals surface area contributed by atoms with Crippen LogP contribution < -0.4 is 85.5 Å². The monoisotopic (exact) mass is 499 g/mol. The topological polar surface area (TPSA) is 126 Å². The largest absolute Gasteiger partial charge is 1.00 e. The van der Waals surface area contributed by atoms with Gasteiger partial charge in [-0.1, -0.05) is 23.9 Å². The number of hydrogen-bond donors (Lipinski definition) is 2. The molecule has 0 bridgehead atoms. The van der Waals surface area contributed by atoms with Crippen molar-refractivity contribution in [2.24, 2.45) is 7.05 Å². The van der Waals surface area contributed by atoms with Crippen LogP contribution in [0.1, 0.15) is 34.2 Å². The van der Waals surface area contributed by atoms with Crippen molar-refractivity contribution in [1.29, 1.82) is 0 Å². The number of amides is 2. The predicted octanol–water partition coefficient (Wildman–Crippen LogP) is -3.88. The van der Waals surface area contributed by atoms with Gasteiger partial charge < -0.3 is 30.2 Å². The smallest absolute Gasteiger partial charge is 0.871 e. The number of carboxylic acid groups (broad SMARTS) is 1. The molecule has 2 aromatic heterocycles. The van der Waals surface area contributed by atoms with Gasteiger partial charge in [0.1, 0.15) is 5.69 Å². The number of rotatable bonds is 6. The molecule has 1 atom stereocenters. The number of carboxylic acids is 1. The van der Waals surface area contributed by atoms with Gasteiger partial charge in [0.25, 0.3) is 5.56 Å². The number of anilines is 1. The minimum absolute atomic E-state index is 0. The third-order valence-corrected chi connectivity index (χ3v) is 6.46. The Morgan fingerprint density at radius 1 is 1.09 bits per heavy atom. The molecule has 11 heteroatoms. The molecular weight excluding hydrogens is 476 g/mol. The van der Waals surface area contributed by atoms with Crippen LogP contribution in [0.4, 0.5) is 10.5 Å². The Hall–Kier alpha value is -1.59. The van der Waals surface area contributed by atoms with E-state index in [2.05, 4.69) is 10.6 Å². The standard InChI is InChI=1S/C23H25N3O5S.2Na/c1-12-6-5-7-13(2)20(12)18-9-8-17(32-18)15(11-19(28)29)24-23(31)25-21-16(27)10-14(3)26(4)22(21)30;;/h5-10,15,27H,11H2,1-4H3,(H,28,29)(H2,24,25,31);;/q;2*+1/p-2/t15-;;/m0../s1. The summed E-state index contributed by atoms with van der Waals surface area (Å²) in [7, 11) is 1.49. The van der Waals surface area contributed by atoms with Crippen molar-refractivity contribution >= 4 is 29.0 Å². The second-order valence-corrected chi connectivity index (χ2v) is 8.70. The van der Waals surface area contributed by atoms with Crippen molar-refractivity contribution in [1.82, 2.24) is 9.88 Å². The summed E-state index contributed by atoms with van der Waals surface area (Å²) in [5.41, 5.74) is 2.63. The average molecular weight is 500 g/mol. The number of carbonyl (C=O) groups excluding carboxylic acids is 2. The van der Waals surface area contributed by atoms with Crippen molar-refractivity contribution in [2.45, 2.75) is 33.2 Å². The van der Waals surface area contributed by atoms with E-state index < -0.39 is 41.5 Å². The molecule has 3 rings (SSSR count). The van der Waals surface area contributed by atoms with Crippen molar-refractivity contribution < 1.29 is 78.9 Å². The molecule has 0 unspecified atom stereocenters. The van der Waals surface area contributed by atoms with E-state index in [9.17, 15) is 24.6 Å². The van der Waals surface area contributed by atoms with Gasteiger partial charge in [-0.25, -0.2) is 4.79 Å². The number of nitrogens with zero attached hydrogens (tertiary/aromatic N) is 1. The Balaban J connectivity index is 0.00000289. The quantitative estimate of drug-likeness (QED) is 0.336. The third-order valence-electron chi connectivity index (χ3n) is 5.25. The first kappa shape index (κ1) is 30.4. The van der Waals surface area contributed by atoms with Gasteiger partial charge >= 0.3 is 65.1 Å². The van der Waals surface area contributed by atoms with Crippen molar-refractivity contribution in [2.75, 3.05) is 5.32 Å². The Labute approximate surface area is 246 Å². The Morgan fingerprint density at radius 3 is 2.29 bits per heavy atom. The molecule has 0 spiro atoms. The molecular formula is C23H23N3Na2O5S. The molecule has 168 valence electrons. The predicted molar refractivity (Wildman–Crippen MR) is 120 cm³/mol. The van der Waals surface area contributed by atoms with Gasteiger partial charge in [-0.15, -0.1) is 11.3 Å². The van der Waals surface area contributed by atoms with Gasteiger partial charge in [0.15, 0.2) is 0 Å². The first-order valence-electron chi connectivity index (χ1n) is 9.89. The Morgan fingerprint density at radius 2 is 1.71 bits per heavy atom. The summed E-state index contributed by atoms with van der Waals surface area (Å²) in [5.74, 6) is -1.96. The Kier molecular flexibility index (Phi) is 11.6. The summed E-state index contributed by atoms with van der Waals surface area (Å²) < 4.78 is 1.24. The minimum Gasteiger partial charge on any atom is -0.871 e. The summed E-state index contributed by atoms with van der Waals surface area (Å²) in [6, 6.07) is 9.08. The zero-order valence-corrected chi connectivity index (χ0v) is 25.0. The van der Waals surface area contributed by atoms with Gasteiger partial charge in [-0.2, -0.15) is 0 Å². The van der Waals surface area contributed by atoms with Crippen LogP contribution in [0.5, 0.6) is 5.75 Å². The number of hydrogen-bond acceptors (Lipinski definition) is 6. The fraction of sp³-hybridized carbons (Fsp3) is 0.261. The van der Waals surface area contributed by atoms with Crippen molar-refractivity contribution in [3.8, 4) is 16.2 Å². The third kappa shape index (κ3) is 6.97. The van der Waals surface area contributed by atoms with E-state index in [1.165, 1.54) is 29.0 Å².